The Bertz CT molecular complexity index is 700. The summed E-state index contributed by atoms with van der Waals surface area (Å²) in [5, 5.41) is 8.92. The zero-order valence-corrected chi connectivity index (χ0v) is 11.7. The second kappa shape index (κ2) is 5.43. The Morgan fingerprint density at radius 1 is 1.15 bits per heavy atom. The predicted octanol–water partition coefficient (Wildman–Crippen LogP) is 3.09. The first kappa shape index (κ1) is 12.8. The smallest absolute Gasteiger partial charge is 0.153 e. The van der Waals surface area contributed by atoms with Gasteiger partial charge in [-0.05, 0) is 31.2 Å². The van der Waals surface area contributed by atoms with Gasteiger partial charge in [0.25, 0.3) is 0 Å². The third-order valence-corrected chi connectivity index (χ3v) is 3.48. The number of hydrogen-bond donors (Lipinski definition) is 1. The van der Waals surface area contributed by atoms with Crippen molar-refractivity contribution in [1.82, 2.24) is 20.1 Å². The second-order valence-electron chi connectivity index (χ2n) is 4.84. The molecule has 0 saturated heterocycles. The summed E-state index contributed by atoms with van der Waals surface area (Å²) >= 11 is 0. The molecule has 0 bridgehead atoms. The van der Waals surface area contributed by atoms with Gasteiger partial charge in [0.1, 0.15) is 0 Å². The number of para-hydroxylation sites is 1. The summed E-state index contributed by atoms with van der Waals surface area (Å²) in [6.45, 7) is 5.20. The molecule has 1 N–H and O–H groups in total. The molecule has 0 aliphatic rings. The van der Waals surface area contributed by atoms with E-state index in [1.165, 1.54) is 5.56 Å². The molecule has 0 aliphatic heterocycles. The van der Waals surface area contributed by atoms with Crippen LogP contribution >= 0.6 is 0 Å². The Morgan fingerprint density at radius 2 is 2.00 bits per heavy atom. The van der Waals surface area contributed by atoms with E-state index in [2.05, 4.69) is 47.4 Å². The quantitative estimate of drug-likeness (QED) is 0.789. The lowest BCUT2D eigenvalue weighted by Crippen LogP contribution is -2.17. The summed E-state index contributed by atoms with van der Waals surface area (Å²) in [5.41, 5.74) is 2.26. The van der Waals surface area contributed by atoms with E-state index >= 15 is 0 Å². The summed E-state index contributed by atoms with van der Waals surface area (Å²) in [6.07, 6.45) is 3.78. The van der Waals surface area contributed by atoms with Crippen LogP contribution in [0.1, 0.15) is 25.5 Å². The predicted molar refractivity (Wildman–Crippen MR) is 81.0 cm³/mol. The standard InChI is InChI=1S/C16H18N4/c1-3-17-12(2)13-8-9-16(18-10-13)20-15-7-5-4-6-14(15)11-19-20/h4-12,17H,3H2,1-2H3. The van der Waals surface area contributed by atoms with Crippen LogP contribution in [0.4, 0.5) is 0 Å². The minimum absolute atomic E-state index is 0.316. The van der Waals surface area contributed by atoms with Crippen molar-refractivity contribution in [3.8, 4) is 5.82 Å². The Kier molecular flexibility index (Phi) is 3.48. The van der Waals surface area contributed by atoms with Gasteiger partial charge in [0.2, 0.25) is 0 Å². The van der Waals surface area contributed by atoms with Crippen molar-refractivity contribution >= 4 is 10.9 Å². The highest BCUT2D eigenvalue weighted by atomic mass is 15.3. The number of nitrogens with zero attached hydrogens (tertiary/aromatic N) is 3. The van der Waals surface area contributed by atoms with E-state index in [0.717, 1.165) is 23.3 Å². The number of pyridine rings is 1. The molecule has 20 heavy (non-hydrogen) atoms. The third-order valence-electron chi connectivity index (χ3n) is 3.48. The van der Waals surface area contributed by atoms with Crippen molar-refractivity contribution in [1.29, 1.82) is 0 Å². The number of hydrogen-bond acceptors (Lipinski definition) is 3. The highest BCUT2D eigenvalue weighted by Gasteiger charge is 2.07. The van der Waals surface area contributed by atoms with Gasteiger partial charge in [0, 0.05) is 17.6 Å². The molecular formula is C16H18N4. The monoisotopic (exact) mass is 266 g/mol. The molecule has 102 valence electrons. The highest BCUT2D eigenvalue weighted by molar-refractivity contribution is 5.79. The number of aromatic nitrogens is 3. The van der Waals surface area contributed by atoms with Crippen LogP contribution in [0.15, 0.2) is 48.8 Å². The average Bonchev–Trinajstić information content (AvgIpc) is 2.92. The number of rotatable bonds is 4. The third kappa shape index (κ3) is 2.30. The molecule has 1 aromatic carbocycles. The lowest BCUT2D eigenvalue weighted by Gasteiger charge is -2.12. The topological polar surface area (TPSA) is 42.7 Å². The fourth-order valence-electron chi connectivity index (χ4n) is 2.36. The Morgan fingerprint density at radius 3 is 2.75 bits per heavy atom. The SMILES string of the molecule is CCNC(C)c1ccc(-n2ncc3ccccc32)nc1. The van der Waals surface area contributed by atoms with Crippen molar-refractivity contribution in [3.63, 3.8) is 0 Å². The molecule has 2 heterocycles. The normalized spacial score (nSPS) is 12.7. The number of benzene rings is 1. The van der Waals surface area contributed by atoms with Crippen LogP contribution in [-0.4, -0.2) is 21.3 Å². The molecule has 3 aromatic rings. The van der Waals surface area contributed by atoms with Crippen molar-refractivity contribution in [2.24, 2.45) is 0 Å². The van der Waals surface area contributed by atoms with Crippen molar-refractivity contribution in [2.45, 2.75) is 19.9 Å². The zero-order chi connectivity index (χ0) is 13.9. The fourth-order valence-corrected chi connectivity index (χ4v) is 2.36. The Labute approximate surface area is 118 Å². The fraction of sp³-hybridized carbons (Fsp3) is 0.250. The maximum absolute atomic E-state index is 4.54. The molecule has 1 unspecified atom stereocenters. The molecule has 0 radical (unpaired) electrons. The van der Waals surface area contributed by atoms with Crippen molar-refractivity contribution < 1.29 is 0 Å². The molecule has 0 amide bonds. The van der Waals surface area contributed by atoms with Crippen LogP contribution in [0.5, 0.6) is 0 Å². The van der Waals surface area contributed by atoms with E-state index < -0.39 is 0 Å². The average molecular weight is 266 g/mol. The maximum atomic E-state index is 4.54. The molecule has 1 atom stereocenters. The summed E-state index contributed by atoms with van der Waals surface area (Å²) in [5.74, 6) is 0.846. The van der Waals surface area contributed by atoms with Crippen molar-refractivity contribution in [2.75, 3.05) is 6.54 Å². The largest absolute Gasteiger partial charge is 0.310 e. The van der Waals surface area contributed by atoms with Gasteiger partial charge in [-0.1, -0.05) is 31.2 Å². The molecule has 3 rings (SSSR count). The van der Waals surface area contributed by atoms with Crippen molar-refractivity contribution in [3.05, 3.63) is 54.4 Å². The van der Waals surface area contributed by atoms with E-state index in [0.29, 0.717) is 6.04 Å². The lowest BCUT2D eigenvalue weighted by molar-refractivity contribution is 0.596. The van der Waals surface area contributed by atoms with Gasteiger partial charge in [-0.3, -0.25) is 0 Å². The van der Waals surface area contributed by atoms with Gasteiger partial charge in [0.05, 0.1) is 11.7 Å². The van der Waals surface area contributed by atoms with Crippen LogP contribution in [0, 0.1) is 0 Å². The minimum atomic E-state index is 0.316. The Balaban J connectivity index is 1.95. The molecule has 2 aromatic heterocycles. The molecule has 0 aliphatic carbocycles. The van der Waals surface area contributed by atoms with Crippen LogP contribution in [-0.2, 0) is 0 Å². The highest BCUT2D eigenvalue weighted by Crippen LogP contribution is 2.18. The van der Waals surface area contributed by atoms with Gasteiger partial charge < -0.3 is 5.32 Å². The van der Waals surface area contributed by atoms with Gasteiger partial charge in [-0.15, -0.1) is 0 Å². The summed E-state index contributed by atoms with van der Waals surface area (Å²) in [4.78, 5) is 4.54. The molecule has 0 spiro atoms. The van der Waals surface area contributed by atoms with Crippen LogP contribution in [0.3, 0.4) is 0 Å². The molecule has 0 saturated carbocycles. The van der Waals surface area contributed by atoms with Crippen LogP contribution < -0.4 is 5.32 Å². The molecule has 4 heteroatoms. The first-order valence-corrected chi connectivity index (χ1v) is 6.92. The van der Waals surface area contributed by atoms with Gasteiger partial charge >= 0.3 is 0 Å². The molecule has 4 nitrogen and oxygen atoms in total. The van der Waals surface area contributed by atoms with E-state index in [1.807, 2.05) is 35.3 Å². The van der Waals surface area contributed by atoms with Crippen LogP contribution in [0.2, 0.25) is 0 Å². The number of fused-ring (bicyclic) bond motifs is 1. The maximum Gasteiger partial charge on any atom is 0.153 e. The lowest BCUT2D eigenvalue weighted by atomic mass is 10.1. The first-order valence-electron chi connectivity index (χ1n) is 6.92. The zero-order valence-electron chi connectivity index (χ0n) is 11.7. The van der Waals surface area contributed by atoms with Gasteiger partial charge in [0.15, 0.2) is 5.82 Å². The van der Waals surface area contributed by atoms with Gasteiger partial charge in [-0.25, -0.2) is 9.67 Å². The van der Waals surface area contributed by atoms with E-state index in [-0.39, 0.29) is 0 Å². The second-order valence-corrected chi connectivity index (χ2v) is 4.84. The van der Waals surface area contributed by atoms with Crippen LogP contribution in [0.25, 0.3) is 16.7 Å². The summed E-state index contributed by atoms with van der Waals surface area (Å²) in [6, 6.07) is 12.6. The Hall–Kier alpha value is -2.20. The van der Waals surface area contributed by atoms with E-state index in [9.17, 15) is 0 Å². The summed E-state index contributed by atoms with van der Waals surface area (Å²) < 4.78 is 1.87. The molecular weight excluding hydrogens is 248 g/mol. The van der Waals surface area contributed by atoms with Gasteiger partial charge in [-0.2, -0.15) is 5.10 Å². The van der Waals surface area contributed by atoms with E-state index in [4.69, 9.17) is 0 Å². The summed E-state index contributed by atoms with van der Waals surface area (Å²) in [7, 11) is 0. The molecule has 0 fully saturated rings. The minimum Gasteiger partial charge on any atom is -0.310 e. The number of nitrogens with one attached hydrogen (secondary N) is 1. The van der Waals surface area contributed by atoms with E-state index in [1.54, 1.807) is 0 Å². The first-order chi connectivity index (χ1) is 9.79.